The van der Waals surface area contributed by atoms with Crippen molar-refractivity contribution in [2.45, 2.75) is 13.8 Å². The zero-order chi connectivity index (χ0) is 13.3. The largest absolute Gasteiger partial charge is 0.488 e. The normalized spacial score (nSPS) is 10.1. The van der Waals surface area contributed by atoms with E-state index in [9.17, 15) is 10.0 Å². The van der Waals surface area contributed by atoms with E-state index < -0.39 is 7.12 Å². The van der Waals surface area contributed by atoms with Gasteiger partial charge in [0.1, 0.15) is 21.5 Å². The van der Waals surface area contributed by atoms with Gasteiger partial charge in [0.05, 0.1) is 23.2 Å². The molecule has 9 heteroatoms. The van der Waals surface area contributed by atoms with Crippen LogP contribution in [0.15, 0.2) is 0 Å². The Morgan fingerprint density at radius 3 is 1.94 bits per heavy atom. The van der Waals surface area contributed by atoms with Crippen LogP contribution in [-0.2, 0) is 0 Å². The molecule has 0 spiro atoms. The molecule has 1 aromatic carbocycles. The maximum Gasteiger partial charge on any atom is 0.488 e. The molecule has 0 aliphatic carbocycles. The Hall–Kier alpha value is -0.405. The highest BCUT2D eigenvalue weighted by Gasteiger charge is 2.25. The minimum absolute atomic E-state index is 0.302. The van der Waals surface area contributed by atoms with Crippen LogP contribution in [0.3, 0.4) is 0 Å². The Morgan fingerprint density at radius 2 is 1.59 bits per heavy atom. The van der Waals surface area contributed by atoms with Gasteiger partial charge in [-0.1, -0.05) is 27.5 Å². The topological polar surface area (TPSA) is 40.5 Å². The van der Waals surface area contributed by atoms with Crippen molar-refractivity contribution in [3.63, 3.8) is 0 Å². The highest BCUT2D eigenvalue weighted by Crippen LogP contribution is 1.94. The Morgan fingerprint density at radius 1 is 1.06 bits per heavy atom. The van der Waals surface area contributed by atoms with E-state index in [1.54, 1.807) is 0 Å². The lowest BCUT2D eigenvalue weighted by Gasteiger charge is -2.24. The molecule has 0 radical (unpaired) electrons. The smallest absolute Gasteiger partial charge is 0.423 e. The fourth-order valence-corrected chi connectivity index (χ4v) is 2.88. The fourth-order valence-electron chi connectivity index (χ4n) is 2.88. The first-order valence-corrected chi connectivity index (χ1v) is 6.31. The first kappa shape index (κ1) is 14.7. The summed E-state index contributed by atoms with van der Waals surface area (Å²) in [6.07, 6.45) is 0. The summed E-state index contributed by atoms with van der Waals surface area (Å²) in [5, 5.41) is 19.2. The Balaban J connectivity index is 3.71. The van der Waals surface area contributed by atoms with E-state index in [2.05, 4.69) is 38.0 Å². The summed E-state index contributed by atoms with van der Waals surface area (Å²) in [4.78, 5) is 0. The van der Waals surface area contributed by atoms with Crippen molar-refractivity contribution in [1.82, 2.24) is 0 Å². The molecule has 0 amide bonds. The van der Waals surface area contributed by atoms with E-state index in [4.69, 9.17) is 0 Å². The number of hydrogen-bond acceptors (Lipinski definition) is 2. The molecule has 82 valence electrons. The van der Waals surface area contributed by atoms with Crippen molar-refractivity contribution in [2.24, 2.45) is 0 Å². The summed E-state index contributed by atoms with van der Waals surface area (Å²) in [5.74, 6) is 0. The molecule has 17 heavy (non-hydrogen) atoms. The molecule has 0 atom stereocenters. The summed E-state index contributed by atoms with van der Waals surface area (Å²) in [6.45, 7) is 4.37. The summed E-state index contributed by atoms with van der Waals surface area (Å²) < 4.78 is 0. The molecule has 2 N–H and O–H groups in total. The lowest BCUT2D eigenvalue weighted by atomic mass is 9.15. The number of hydrogen-bond donors (Lipinski definition) is 2. The van der Waals surface area contributed by atoms with Crippen molar-refractivity contribution >= 4 is 73.7 Å². The van der Waals surface area contributed by atoms with E-state index in [0.29, 0.717) is 12.0 Å². The van der Waals surface area contributed by atoms with Crippen LogP contribution in [0, 0.1) is 13.8 Å². The van der Waals surface area contributed by atoms with Gasteiger partial charge in [0.25, 0.3) is 0 Å². The molecule has 0 heterocycles. The Kier molecular flexibility index (Phi) is 4.73. The van der Waals surface area contributed by atoms with E-state index in [1.807, 2.05) is 6.92 Å². The van der Waals surface area contributed by atoms with Crippen molar-refractivity contribution in [2.75, 3.05) is 0 Å². The third kappa shape index (κ3) is 2.55. The van der Waals surface area contributed by atoms with Crippen LogP contribution in [-0.4, -0.2) is 61.9 Å². The van der Waals surface area contributed by atoms with Gasteiger partial charge in [-0.15, -0.1) is 0 Å². The zero-order valence-corrected chi connectivity index (χ0v) is 11.8. The Labute approximate surface area is 109 Å². The van der Waals surface area contributed by atoms with Crippen LogP contribution in [0.2, 0.25) is 0 Å². The maximum atomic E-state index is 9.60. The zero-order valence-electron chi connectivity index (χ0n) is 11.8. The molecule has 2 nitrogen and oxygen atoms in total. The van der Waals surface area contributed by atoms with Crippen LogP contribution >= 0.6 is 0 Å². The van der Waals surface area contributed by atoms with Gasteiger partial charge in [-0.2, -0.15) is 0 Å². The minimum atomic E-state index is -1.38. The first-order valence-electron chi connectivity index (χ1n) is 6.31. The molecule has 0 bridgehead atoms. The molecule has 0 fully saturated rings. The molecule has 0 aliphatic heterocycles. The lowest BCUT2D eigenvalue weighted by molar-refractivity contribution is 0.426. The standard InChI is InChI=1S/C8H17B7O2/c1-3-5(9)6(13-10)4(2)7(14(11)12)8(3)15(16)17/h13,16-17H,9-12H2,1-2H3. The molecule has 0 aromatic heterocycles. The average Bonchev–Trinajstić information content (AvgIpc) is 2.22. The van der Waals surface area contributed by atoms with Gasteiger partial charge in [0.15, 0.2) is 0 Å². The van der Waals surface area contributed by atoms with Gasteiger partial charge in [0.2, 0.25) is 0 Å². The molecule has 1 aromatic rings. The lowest BCUT2D eigenvalue weighted by Crippen LogP contribution is -2.59. The van der Waals surface area contributed by atoms with Crippen LogP contribution in [0.4, 0.5) is 0 Å². The third-order valence-corrected chi connectivity index (χ3v) is 3.76. The third-order valence-electron chi connectivity index (χ3n) is 3.76. The van der Waals surface area contributed by atoms with Crippen LogP contribution < -0.4 is 21.9 Å². The SMILES string of the molecule is BBc1c(B)c(C)c(B(O)O)c(B(B)B)c1C. The average molecular weight is 221 g/mol. The van der Waals surface area contributed by atoms with Crippen LogP contribution in [0.5, 0.6) is 0 Å². The Bertz CT molecular complexity index is 433. The van der Waals surface area contributed by atoms with Gasteiger partial charge in [-0.25, -0.2) is 0 Å². The quantitative estimate of drug-likeness (QED) is 0.498. The van der Waals surface area contributed by atoms with Gasteiger partial charge < -0.3 is 10.0 Å². The van der Waals surface area contributed by atoms with Crippen molar-refractivity contribution in [1.29, 1.82) is 0 Å². The molecular weight excluding hydrogens is 204 g/mol. The molecular formula is C8H17B7O2. The minimum Gasteiger partial charge on any atom is -0.423 e. The monoisotopic (exact) mass is 222 g/mol. The predicted octanol–water partition coefficient (Wildman–Crippen LogP) is -7.19. The second kappa shape index (κ2) is 5.49. The maximum absolute atomic E-state index is 9.60. The van der Waals surface area contributed by atoms with E-state index in [-0.39, 0.29) is 0 Å². The van der Waals surface area contributed by atoms with Gasteiger partial charge >= 0.3 is 7.12 Å². The molecule has 0 saturated heterocycles. The summed E-state index contributed by atoms with van der Waals surface area (Å²) >= 11 is 0. The molecule has 0 unspecified atom stereocenters. The second-order valence-corrected chi connectivity index (χ2v) is 5.06. The van der Waals surface area contributed by atoms with Gasteiger partial charge in [-0.05, 0) is 19.3 Å². The summed E-state index contributed by atoms with van der Waals surface area (Å²) in [6, 6.07) is 0. The predicted molar refractivity (Wildman–Crippen MR) is 91.7 cm³/mol. The summed E-state index contributed by atoms with van der Waals surface area (Å²) in [5.41, 5.74) is 6.57. The fraction of sp³-hybridized carbons (Fsp3) is 0.250. The van der Waals surface area contributed by atoms with Crippen LogP contribution in [0.25, 0.3) is 0 Å². The molecule has 1 rings (SSSR count). The van der Waals surface area contributed by atoms with Gasteiger partial charge in [0, 0.05) is 0 Å². The highest BCUT2D eigenvalue weighted by molar-refractivity contribution is 7.36. The van der Waals surface area contributed by atoms with Crippen LogP contribution in [0.1, 0.15) is 11.1 Å². The summed E-state index contributed by atoms with van der Waals surface area (Å²) in [7, 11) is 8.02. The van der Waals surface area contributed by atoms with E-state index >= 15 is 0 Å². The van der Waals surface area contributed by atoms with E-state index in [0.717, 1.165) is 18.2 Å². The highest BCUT2D eigenvalue weighted by atomic mass is 16.4. The molecule has 0 saturated carbocycles. The van der Waals surface area contributed by atoms with Gasteiger partial charge in [-0.3, -0.25) is 0 Å². The number of benzene rings is 1. The van der Waals surface area contributed by atoms with Crippen molar-refractivity contribution in [3.05, 3.63) is 11.1 Å². The number of rotatable bonds is 3. The van der Waals surface area contributed by atoms with Crippen molar-refractivity contribution < 1.29 is 10.0 Å². The molecule has 0 aliphatic rings. The second-order valence-electron chi connectivity index (χ2n) is 5.06. The van der Waals surface area contributed by atoms with Crippen molar-refractivity contribution in [3.8, 4) is 0 Å². The van der Waals surface area contributed by atoms with E-state index in [1.165, 1.54) is 16.5 Å². The first-order chi connectivity index (χ1) is 7.82.